The fourth-order valence-corrected chi connectivity index (χ4v) is 5.14. The number of rotatable bonds is 5. The molecule has 2 bridgehead atoms. The van der Waals surface area contributed by atoms with Crippen molar-refractivity contribution in [2.24, 2.45) is 5.92 Å². The van der Waals surface area contributed by atoms with E-state index in [1.165, 1.54) is 10.9 Å². The summed E-state index contributed by atoms with van der Waals surface area (Å²) in [5.74, 6) is 2.75. The van der Waals surface area contributed by atoms with Gasteiger partial charge in [-0.15, -0.1) is 10.2 Å². The lowest BCUT2D eigenvalue weighted by Gasteiger charge is -2.35. The SMILES string of the molecule is Cc1cc(Nc2cc(C)[nH]n2)nc(N2CC3CCC(C2)N(C(=O)c2ccc(-n4cc(Cl)cn4)nn2)C3)n1. The minimum atomic E-state index is -0.115. The van der Waals surface area contributed by atoms with Crippen LogP contribution in [-0.2, 0) is 0 Å². The number of hydrogen-bond donors (Lipinski definition) is 2. The summed E-state index contributed by atoms with van der Waals surface area (Å²) in [5, 5.41) is 23.4. The Morgan fingerprint density at radius 1 is 1.08 bits per heavy atom. The maximum atomic E-state index is 13.5. The molecular formula is C24H26ClN11O. The topological polar surface area (TPSA) is 134 Å². The Morgan fingerprint density at radius 3 is 2.70 bits per heavy atom. The zero-order chi connectivity index (χ0) is 25.5. The number of carbonyl (C=O) groups excluding carboxylic acids is 1. The number of H-pyrrole nitrogens is 1. The van der Waals surface area contributed by atoms with Gasteiger partial charge >= 0.3 is 0 Å². The van der Waals surface area contributed by atoms with Gasteiger partial charge in [0.2, 0.25) is 5.95 Å². The number of nitrogens with one attached hydrogen (secondary N) is 2. The molecule has 3 saturated heterocycles. The molecule has 2 N–H and O–H groups in total. The molecule has 13 heteroatoms. The second-order valence-corrected chi connectivity index (χ2v) is 10.0. The van der Waals surface area contributed by atoms with Crippen LogP contribution in [0.4, 0.5) is 17.6 Å². The number of anilines is 3. The molecule has 3 fully saturated rings. The summed E-state index contributed by atoms with van der Waals surface area (Å²) in [6.45, 7) is 6.01. The molecule has 2 unspecified atom stereocenters. The Bertz CT molecular complexity index is 1430. The Morgan fingerprint density at radius 2 is 1.97 bits per heavy atom. The van der Waals surface area contributed by atoms with Gasteiger partial charge < -0.3 is 15.1 Å². The molecule has 190 valence electrons. The van der Waals surface area contributed by atoms with Gasteiger partial charge in [-0.3, -0.25) is 9.89 Å². The van der Waals surface area contributed by atoms with E-state index >= 15 is 0 Å². The highest BCUT2D eigenvalue weighted by atomic mass is 35.5. The lowest BCUT2D eigenvalue weighted by atomic mass is 9.94. The van der Waals surface area contributed by atoms with E-state index < -0.39 is 0 Å². The highest BCUT2D eigenvalue weighted by molar-refractivity contribution is 6.30. The van der Waals surface area contributed by atoms with Crippen LogP contribution in [0.2, 0.25) is 5.02 Å². The maximum absolute atomic E-state index is 13.5. The van der Waals surface area contributed by atoms with Gasteiger partial charge in [0.05, 0.1) is 17.4 Å². The second kappa shape index (κ2) is 9.43. The summed E-state index contributed by atoms with van der Waals surface area (Å²) in [7, 11) is 0. The number of hydrogen-bond acceptors (Lipinski definition) is 9. The van der Waals surface area contributed by atoms with Crippen molar-refractivity contribution in [3.63, 3.8) is 0 Å². The average Bonchev–Trinajstić information content (AvgIpc) is 3.38. The Hall–Kier alpha value is -4.06. The van der Waals surface area contributed by atoms with Crippen molar-refractivity contribution in [3.05, 3.63) is 58.8 Å². The monoisotopic (exact) mass is 519 g/mol. The first-order valence-corrected chi connectivity index (χ1v) is 12.5. The predicted octanol–water partition coefficient (Wildman–Crippen LogP) is 2.93. The lowest BCUT2D eigenvalue weighted by molar-refractivity contribution is 0.0584. The number of aromatic nitrogens is 8. The zero-order valence-electron chi connectivity index (χ0n) is 20.5. The largest absolute Gasteiger partial charge is 0.338 e. The van der Waals surface area contributed by atoms with E-state index in [1.54, 1.807) is 18.3 Å². The van der Waals surface area contributed by atoms with E-state index in [0.717, 1.165) is 30.8 Å². The smallest absolute Gasteiger partial charge is 0.274 e. The Kier molecular flexibility index (Phi) is 5.95. The van der Waals surface area contributed by atoms with Crippen molar-refractivity contribution in [1.82, 2.24) is 45.0 Å². The summed E-state index contributed by atoms with van der Waals surface area (Å²) < 4.78 is 1.52. The standard InChI is InChI=1S/C24H26ClN11O/c1-14-7-20(28-21-8-15(2)30-32-21)29-24(27-14)34-10-16-3-4-18(13-34)35(11-16)23(37)19-5-6-22(33-31-19)36-12-17(25)9-26-36/h5-9,12,16,18H,3-4,10-11,13H2,1-2H3,(H2,27,28,29,30,32). The van der Waals surface area contributed by atoms with E-state index in [1.807, 2.05) is 30.9 Å². The fourth-order valence-electron chi connectivity index (χ4n) is 5.00. The predicted molar refractivity (Wildman–Crippen MR) is 137 cm³/mol. The van der Waals surface area contributed by atoms with Crippen molar-refractivity contribution in [2.75, 3.05) is 29.9 Å². The highest BCUT2D eigenvalue weighted by Crippen LogP contribution is 2.31. The molecule has 3 aliphatic rings. The molecule has 0 saturated carbocycles. The number of carbonyl (C=O) groups is 1. The molecule has 2 atom stereocenters. The van der Waals surface area contributed by atoms with Crippen LogP contribution in [0.3, 0.4) is 0 Å². The third kappa shape index (κ3) is 4.84. The van der Waals surface area contributed by atoms with Gasteiger partial charge in [0.15, 0.2) is 17.3 Å². The van der Waals surface area contributed by atoms with Crippen molar-refractivity contribution < 1.29 is 4.79 Å². The van der Waals surface area contributed by atoms with E-state index in [9.17, 15) is 4.79 Å². The normalized spacial score (nSPS) is 19.2. The molecule has 1 amide bonds. The van der Waals surface area contributed by atoms with Crippen molar-refractivity contribution >= 4 is 35.1 Å². The van der Waals surface area contributed by atoms with Gasteiger partial charge in [-0.25, -0.2) is 9.67 Å². The summed E-state index contributed by atoms with van der Waals surface area (Å²) in [5.41, 5.74) is 2.14. The molecule has 4 aromatic heterocycles. The first-order valence-electron chi connectivity index (χ1n) is 12.2. The van der Waals surface area contributed by atoms with Crippen LogP contribution in [0.25, 0.3) is 5.82 Å². The average molecular weight is 520 g/mol. The number of fused-ring (bicyclic) bond motifs is 4. The molecule has 7 heterocycles. The lowest BCUT2D eigenvalue weighted by Crippen LogP contribution is -2.47. The maximum Gasteiger partial charge on any atom is 0.274 e. The minimum absolute atomic E-state index is 0.0344. The molecule has 0 radical (unpaired) electrons. The van der Waals surface area contributed by atoms with Gasteiger partial charge in [-0.1, -0.05) is 11.6 Å². The van der Waals surface area contributed by atoms with Crippen molar-refractivity contribution in [3.8, 4) is 5.82 Å². The summed E-state index contributed by atoms with van der Waals surface area (Å²) >= 11 is 5.94. The van der Waals surface area contributed by atoms with Crippen LogP contribution in [0.15, 0.2) is 36.7 Å². The molecule has 0 spiro atoms. The Balaban J connectivity index is 1.20. The quantitative estimate of drug-likeness (QED) is 0.408. The minimum Gasteiger partial charge on any atom is -0.338 e. The van der Waals surface area contributed by atoms with E-state index in [0.29, 0.717) is 53.1 Å². The van der Waals surface area contributed by atoms with Crippen LogP contribution < -0.4 is 10.2 Å². The highest BCUT2D eigenvalue weighted by Gasteiger charge is 2.38. The van der Waals surface area contributed by atoms with Gasteiger partial charge in [-0.2, -0.15) is 15.2 Å². The van der Waals surface area contributed by atoms with E-state index in [-0.39, 0.29) is 11.9 Å². The van der Waals surface area contributed by atoms with Gasteiger partial charge in [0.25, 0.3) is 5.91 Å². The van der Waals surface area contributed by atoms with Crippen LogP contribution in [0, 0.1) is 19.8 Å². The third-order valence-electron chi connectivity index (χ3n) is 6.72. The molecule has 37 heavy (non-hydrogen) atoms. The number of halogens is 1. The molecule has 0 aliphatic carbocycles. The van der Waals surface area contributed by atoms with Gasteiger partial charge in [-0.05, 0) is 44.7 Å². The van der Waals surface area contributed by atoms with Crippen LogP contribution in [-0.4, -0.2) is 76.6 Å². The fraction of sp³-hybridized carbons (Fsp3) is 0.375. The van der Waals surface area contributed by atoms with Crippen molar-refractivity contribution in [1.29, 1.82) is 0 Å². The number of nitrogens with zero attached hydrogens (tertiary/aromatic N) is 9. The molecule has 4 aromatic rings. The Labute approximate surface area is 218 Å². The first kappa shape index (κ1) is 23.3. The van der Waals surface area contributed by atoms with E-state index in [2.05, 4.69) is 35.7 Å². The van der Waals surface area contributed by atoms with Crippen LogP contribution in [0.1, 0.15) is 34.7 Å². The van der Waals surface area contributed by atoms with E-state index in [4.69, 9.17) is 21.6 Å². The molecule has 0 aromatic carbocycles. The molecule has 12 nitrogen and oxygen atoms in total. The van der Waals surface area contributed by atoms with Crippen LogP contribution >= 0.6 is 11.6 Å². The molecular weight excluding hydrogens is 494 g/mol. The second-order valence-electron chi connectivity index (χ2n) is 9.60. The summed E-state index contributed by atoms with van der Waals surface area (Å²) in [6.07, 6.45) is 5.14. The summed E-state index contributed by atoms with van der Waals surface area (Å²) in [4.78, 5) is 27.1. The third-order valence-corrected chi connectivity index (χ3v) is 6.91. The number of amides is 1. The number of aromatic amines is 1. The number of piperidine rings is 1. The molecule has 7 rings (SSSR count). The van der Waals surface area contributed by atoms with Gasteiger partial charge in [0.1, 0.15) is 5.82 Å². The first-order chi connectivity index (χ1) is 17.9. The zero-order valence-corrected chi connectivity index (χ0v) is 21.2. The van der Waals surface area contributed by atoms with Gasteiger partial charge in [0, 0.05) is 49.2 Å². The van der Waals surface area contributed by atoms with Crippen LogP contribution in [0.5, 0.6) is 0 Å². The van der Waals surface area contributed by atoms with Crippen molar-refractivity contribution in [2.45, 2.75) is 32.7 Å². The number of aryl methyl sites for hydroxylation is 2. The summed E-state index contributed by atoms with van der Waals surface area (Å²) in [6, 6.07) is 7.27. The molecule has 3 aliphatic heterocycles.